The van der Waals surface area contributed by atoms with Gasteiger partial charge in [-0.05, 0) is 28.8 Å². The van der Waals surface area contributed by atoms with Crippen molar-refractivity contribution in [2.24, 2.45) is 0 Å². The van der Waals surface area contributed by atoms with Crippen molar-refractivity contribution >= 4 is 6.08 Å². The maximum Gasteiger partial charge on any atom is 0.116 e. The fourth-order valence-corrected chi connectivity index (χ4v) is 4.10. The summed E-state index contributed by atoms with van der Waals surface area (Å²) >= 11 is 0. The lowest BCUT2D eigenvalue weighted by molar-refractivity contribution is 0.0468. The quantitative estimate of drug-likeness (QED) is 0.530. The highest BCUT2D eigenvalue weighted by Gasteiger charge is 2.18. The zero-order valence-electron chi connectivity index (χ0n) is 18.5. The zero-order valence-corrected chi connectivity index (χ0v) is 18.5. The van der Waals surface area contributed by atoms with Crippen LogP contribution in [0.1, 0.15) is 22.8 Å². The van der Waals surface area contributed by atoms with Crippen LogP contribution in [0.15, 0.2) is 91.0 Å². The molecule has 1 heterocycles. The first kappa shape index (κ1) is 22.3. The van der Waals surface area contributed by atoms with Crippen molar-refractivity contribution in [1.29, 1.82) is 0 Å². The number of rotatable bonds is 9. The Morgan fingerprint density at radius 1 is 0.781 bits per heavy atom. The van der Waals surface area contributed by atoms with Crippen LogP contribution in [0, 0.1) is 0 Å². The minimum Gasteiger partial charge on any atom is -0.508 e. The van der Waals surface area contributed by atoms with Crippen LogP contribution in [0.2, 0.25) is 0 Å². The first-order chi connectivity index (χ1) is 15.8. The Bertz CT molecular complexity index is 927. The molecule has 4 nitrogen and oxygen atoms in total. The van der Waals surface area contributed by atoms with Gasteiger partial charge in [-0.15, -0.1) is 0 Å². The SMILES string of the molecule is Oc1cccc(C=CCN2CCN(CCOC(c3ccccc3)c3ccccc3)CC2)c1. The smallest absolute Gasteiger partial charge is 0.116 e. The van der Waals surface area contributed by atoms with Gasteiger partial charge in [0, 0.05) is 39.3 Å². The number of ether oxygens (including phenoxy) is 1. The third kappa shape index (κ3) is 6.54. The number of benzene rings is 3. The highest BCUT2D eigenvalue weighted by molar-refractivity contribution is 5.51. The minimum atomic E-state index is -0.0266. The molecule has 32 heavy (non-hydrogen) atoms. The Kier molecular flexibility index (Phi) is 8.10. The number of phenolic OH excluding ortho intramolecular Hbond substituents is 1. The topological polar surface area (TPSA) is 35.9 Å². The number of phenols is 1. The third-order valence-corrected chi connectivity index (χ3v) is 5.91. The van der Waals surface area contributed by atoms with Gasteiger partial charge < -0.3 is 9.84 Å². The van der Waals surface area contributed by atoms with Gasteiger partial charge in [0.05, 0.1) is 6.61 Å². The van der Waals surface area contributed by atoms with Crippen LogP contribution in [0.25, 0.3) is 6.08 Å². The Labute approximate surface area is 191 Å². The number of piperazine rings is 1. The predicted octanol–water partition coefficient (Wildman–Crippen LogP) is 4.83. The molecule has 0 aromatic heterocycles. The van der Waals surface area contributed by atoms with Gasteiger partial charge in [0.15, 0.2) is 0 Å². The van der Waals surface area contributed by atoms with Gasteiger partial charge in [-0.25, -0.2) is 0 Å². The molecule has 0 aliphatic carbocycles. The Hall–Kier alpha value is -2.92. The predicted molar refractivity (Wildman–Crippen MR) is 131 cm³/mol. The summed E-state index contributed by atoms with van der Waals surface area (Å²) < 4.78 is 6.38. The molecule has 4 heteroatoms. The molecule has 1 fully saturated rings. The molecule has 0 unspecified atom stereocenters. The van der Waals surface area contributed by atoms with Crippen LogP contribution in [-0.4, -0.2) is 60.8 Å². The summed E-state index contributed by atoms with van der Waals surface area (Å²) in [5.41, 5.74) is 3.43. The summed E-state index contributed by atoms with van der Waals surface area (Å²) in [4.78, 5) is 4.95. The van der Waals surface area contributed by atoms with E-state index in [9.17, 15) is 5.11 Å². The molecule has 3 aromatic carbocycles. The molecule has 1 aliphatic heterocycles. The standard InChI is InChI=1S/C28H32N2O2/c31-27-15-7-9-24(23-27)10-8-16-29-17-19-30(20-18-29)21-22-32-28(25-11-3-1-4-12-25)26-13-5-2-6-14-26/h1-15,23,28,31H,16-22H2. The zero-order chi connectivity index (χ0) is 22.0. The first-order valence-electron chi connectivity index (χ1n) is 11.4. The molecule has 0 radical (unpaired) electrons. The van der Waals surface area contributed by atoms with Crippen LogP contribution in [0.4, 0.5) is 0 Å². The van der Waals surface area contributed by atoms with Crippen LogP contribution < -0.4 is 0 Å². The number of nitrogens with zero attached hydrogens (tertiary/aromatic N) is 2. The van der Waals surface area contributed by atoms with Gasteiger partial charge in [-0.1, -0.05) is 84.9 Å². The largest absolute Gasteiger partial charge is 0.508 e. The van der Waals surface area contributed by atoms with Gasteiger partial charge in [0.25, 0.3) is 0 Å². The highest BCUT2D eigenvalue weighted by atomic mass is 16.5. The van der Waals surface area contributed by atoms with E-state index in [0.717, 1.165) is 44.8 Å². The lowest BCUT2D eigenvalue weighted by atomic mass is 10.0. The molecule has 0 atom stereocenters. The van der Waals surface area contributed by atoms with Crippen molar-refractivity contribution in [1.82, 2.24) is 9.80 Å². The molecule has 166 valence electrons. The van der Waals surface area contributed by atoms with Crippen molar-refractivity contribution in [3.63, 3.8) is 0 Å². The van der Waals surface area contributed by atoms with E-state index in [4.69, 9.17) is 4.74 Å². The van der Waals surface area contributed by atoms with Crippen LogP contribution in [0.5, 0.6) is 5.75 Å². The average Bonchev–Trinajstić information content (AvgIpc) is 2.84. The summed E-state index contributed by atoms with van der Waals surface area (Å²) in [5, 5.41) is 9.56. The normalized spacial score (nSPS) is 15.5. The van der Waals surface area contributed by atoms with Gasteiger partial charge in [-0.3, -0.25) is 9.80 Å². The summed E-state index contributed by atoms with van der Waals surface area (Å²) in [6.45, 7) is 6.84. The molecular formula is C28H32N2O2. The second-order valence-corrected chi connectivity index (χ2v) is 8.21. The molecule has 4 rings (SSSR count). The van der Waals surface area contributed by atoms with E-state index in [0.29, 0.717) is 12.4 Å². The summed E-state index contributed by atoms with van der Waals surface area (Å²) in [7, 11) is 0. The van der Waals surface area contributed by atoms with Crippen molar-refractivity contribution in [2.75, 3.05) is 45.9 Å². The van der Waals surface area contributed by atoms with Crippen molar-refractivity contribution < 1.29 is 9.84 Å². The third-order valence-electron chi connectivity index (χ3n) is 5.91. The molecule has 1 N–H and O–H groups in total. The van der Waals surface area contributed by atoms with E-state index in [1.54, 1.807) is 12.1 Å². The van der Waals surface area contributed by atoms with Gasteiger partial charge >= 0.3 is 0 Å². The van der Waals surface area contributed by atoms with E-state index in [-0.39, 0.29) is 6.10 Å². The second-order valence-electron chi connectivity index (χ2n) is 8.21. The Balaban J connectivity index is 1.22. The van der Waals surface area contributed by atoms with Crippen LogP contribution in [-0.2, 0) is 4.74 Å². The van der Waals surface area contributed by atoms with Crippen LogP contribution in [0.3, 0.4) is 0 Å². The monoisotopic (exact) mass is 428 g/mol. The van der Waals surface area contributed by atoms with Crippen molar-refractivity contribution in [3.05, 3.63) is 108 Å². The van der Waals surface area contributed by atoms with Crippen molar-refractivity contribution in [2.45, 2.75) is 6.10 Å². The van der Waals surface area contributed by atoms with Crippen LogP contribution >= 0.6 is 0 Å². The fraction of sp³-hybridized carbons (Fsp3) is 0.286. The van der Waals surface area contributed by atoms with E-state index in [2.05, 4.69) is 70.5 Å². The van der Waals surface area contributed by atoms with Gasteiger partial charge in [0.1, 0.15) is 11.9 Å². The maximum atomic E-state index is 9.56. The minimum absolute atomic E-state index is 0.0266. The molecule has 0 spiro atoms. The lowest BCUT2D eigenvalue weighted by Gasteiger charge is -2.34. The molecule has 1 saturated heterocycles. The molecule has 0 amide bonds. The Morgan fingerprint density at radius 2 is 1.41 bits per heavy atom. The van der Waals surface area contributed by atoms with E-state index >= 15 is 0 Å². The lowest BCUT2D eigenvalue weighted by Crippen LogP contribution is -2.47. The second kappa shape index (κ2) is 11.6. The average molecular weight is 429 g/mol. The fourth-order valence-electron chi connectivity index (χ4n) is 4.10. The van der Waals surface area contributed by atoms with Gasteiger partial charge in [0.2, 0.25) is 0 Å². The number of hydrogen-bond donors (Lipinski definition) is 1. The summed E-state index contributed by atoms with van der Waals surface area (Å²) in [5.74, 6) is 0.310. The molecule has 0 saturated carbocycles. The van der Waals surface area contributed by atoms with E-state index in [1.807, 2.05) is 24.3 Å². The van der Waals surface area contributed by atoms with E-state index in [1.165, 1.54) is 11.1 Å². The van der Waals surface area contributed by atoms with Crippen molar-refractivity contribution in [3.8, 4) is 5.75 Å². The summed E-state index contributed by atoms with van der Waals surface area (Å²) in [6.07, 6.45) is 4.23. The number of hydrogen-bond acceptors (Lipinski definition) is 4. The maximum absolute atomic E-state index is 9.56. The molecule has 0 bridgehead atoms. The molecular weight excluding hydrogens is 396 g/mol. The van der Waals surface area contributed by atoms with Gasteiger partial charge in [-0.2, -0.15) is 0 Å². The Morgan fingerprint density at radius 3 is 2.03 bits per heavy atom. The molecule has 1 aliphatic rings. The first-order valence-corrected chi connectivity index (χ1v) is 11.4. The highest BCUT2D eigenvalue weighted by Crippen LogP contribution is 2.25. The summed E-state index contributed by atoms with van der Waals surface area (Å²) in [6, 6.07) is 28.3. The van der Waals surface area contributed by atoms with E-state index < -0.39 is 0 Å². The molecule has 3 aromatic rings. The number of aromatic hydroxyl groups is 1.